The van der Waals surface area contributed by atoms with Crippen LogP contribution in [0.15, 0.2) is 54.6 Å². The van der Waals surface area contributed by atoms with Gasteiger partial charge in [0.15, 0.2) is 18.1 Å². The summed E-state index contributed by atoms with van der Waals surface area (Å²) >= 11 is 0. The molecule has 26 heavy (non-hydrogen) atoms. The minimum Gasteiger partial charge on any atom is -0.485 e. The number of para-hydroxylation sites is 2. The van der Waals surface area contributed by atoms with E-state index in [1.54, 1.807) is 0 Å². The molecule has 2 aromatic carbocycles. The zero-order chi connectivity index (χ0) is 17.5. The van der Waals surface area contributed by atoms with Crippen molar-refractivity contribution < 1.29 is 14.3 Å². The number of carbonyl (C=O) groups excluding carboxylic acids is 1. The summed E-state index contributed by atoms with van der Waals surface area (Å²) < 4.78 is 11.6. The van der Waals surface area contributed by atoms with E-state index < -0.39 is 0 Å². The number of hydrogen-bond donors (Lipinski definition) is 1. The molecule has 0 aliphatic carbocycles. The van der Waals surface area contributed by atoms with Crippen LogP contribution < -0.4 is 14.8 Å². The summed E-state index contributed by atoms with van der Waals surface area (Å²) in [5.74, 6) is 1.24. The molecule has 0 spiro atoms. The second kappa shape index (κ2) is 10.0. The molecular formula is C20H25ClN2O3. The Balaban J connectivity index is 0.00000243. The Hall–Kier alpha value is -2.24. The largest absolute Gasteiger partial charge is 0.485 e. The van der Waals surface area contributed by atoms with Crippen molar-refractivity contribution in [2.75, 3.05) is 26.2 Å². The molecule has 6 heteroatoms. The zero-order valence-corrected chi connectivity index (χ0v) is 15.7. The number of rotatable bonds is 6. The molecule has 1 unspecified atom stereocenters. The molecule has 0 radical (unpaired) electrons. The van der Waals surface area contributed by atoms with Gasteiger partial charge in [0, 0.05) is 25.7 Å². The number of nitrogens with zero attached hydrogens (tertiary/aromatic N) is 1. The molecule has 1 atom stereocenters. The van der Waals surface area contributed by atoms with Gasteiger partial charge in [-0.05, 0) is 24.6 Å². The lowest BCUT2D eigenvalue weighted by Crippen LogP contribution is -2.53. The van der Waals surface area contributed by atoms with Crippen LogP contribution in [-0.2, 0) is 11.4 Å². The predicted octanol–water partition coefficient (Wildman–Crippen LogP) is 2.89. The summed E-state index contributed by atoms with van der Waals surface area (Å²) in [5.41, 5.74) is 1.09. The van der Waals surface area contributed by atoms with Gasteiger partial charge in [0.05, 0.1) is 0 Å². The average molecular weight is 377 g/mol. The predicted molar refractivity (Wildman–Crippen MR) is 104 cm³/mol. The Morgan fingerprint density at radius 2 is 1.73 bits per heavy atom. The summed E-state index contributed by atoms with van der Waals surface area (Å²) in [6.07, 6.45) is 0. The van der Waals surface area contributed by atoms with Crippen LogP contribution >= 0.6 is 12.4 Å². The number of hydrogen-bond acceptors (Lipinski definition) is 4. The van der Waals surface area contributed by atoms with Gasteiger partial charge < -0.3 is 19.7 Å². The molecular weight excluding hydrogens is 352 g/mol. The van der Waals surface area contributed by atoms with Crippen molar-refractivity contribution in [1.29, 1.82) is 0 Å². The van der Waals surface area contributed by atoms with Gasteiger partial charge in [-0.15, -0.1) is 12.4 Å². The van der Waals surface area contributed by atoms with Gasteiger partial charge in [-0.1, -0.05) is 42.5 Å². The molecule has 1 amide bonds. The van der Waals surface area contributed by atoms with Gasteiger partial charge in [0.1, 0.15) is 6.61 Å². The smallest absolute Gasteiger partial charge is 0.260 e. The van der Waals surface area contributed by atoms with E-state index in [1.165, 1.54) is 0 Å². The molecule has 1 saturated heterocycles. The third-order valence-electron chi connectivity index (χ3n) is 4.26. The fourth-order valence-electron chi connectivity index (χ4n) is 2.86. The van der Waals surface area contributed by atoms with Gasteiger partial charge in [-0.25, -0.2) is 0 Å². The maximum absolute atomic E-state index is 12.4. The van der Waals surface area contributed by atoms with E-state index in [0.717, 1.165) is 25.2 Å². The van der Waals surface area contributed by atoms with Crippen LogP contribution in [0.5, 0.6) is 11.5 Å². The number of amides is 1. The topological polar surface area (TPSA) is 50.8 Å². The SMILES string of the molecule is CC1CNCCN1C(=O)COc1ccccc1OCc1ccccc1.Cl. The lowest BCUT2D eigenvalue weighted by molar-refractivity contribution is -0.136. The summed E-state index contributed by atoms with van der Waals surface area (Å²) in [5, 5.41) is 3.28. The highest BCUT2D eigenvalue weighted by Gasteiger charge is 2.23. The molecule has 5 nitrogen and oxygen atoms in total. The highest BCUT2D eigenvalue weighted by Crippen LogP contribution is 2.27. The van der Waals surface area contributed by atoms with E-state index in [2.05, 4.69) is 5.32 Å². The van der Waals surface area contributed by atoms with Crippen molar-refractivity contribution in [2.45, 2.75) is 19.6 Å². The van der Waals surface area contributed by atoms with Crippen LogP contribution in [0.4, 0.5) is 0 Å². The van der Waals surface area contributed by atoms with Crippen molar-refractivity contribution in [1.82, 2.24) is 10.2 Å². The Kier molecular flexibility index (Phi) is 7.75. The first-order valence-corrected chi connectivity index (χ1v) is 8.63. The molecule has 3 rings (SSSR count). The zero-order valence-electron chi connectivity index (χ0n) is 14.9. The Morgan fingerprint density at radius 3 is 2.42 bits per heavy atom. The van der Waals surface area contributed by atoms with Gasteiger partial charge in [0.25, 0.3) is 5.91 Å². The van der Waals surface area contributed by atoms with Crippen molar-refractivity contribution in [3.05, 3.63) is 60.2 Å². The van der Waals surface area contributed by atoms with Gasteiger partial charge in [-0.2, -0.15) is 0 Å². The Labute approximate surface area is 160 Å². The van der Waals surface area contributed by atoms with E-state index in [-0.39, 0.29) is 31.0 Å². The van der Waals surface area contributed by atoms with E-state index in [4.69, 9.17) is 9.47 Å². The van der Waals surface area contributed by atoms with Crippen LogP contribution in [0.2, 0.25) is 0 Å². The van der Waals surface area contributed by atoms with Crippen LogP contribution in [0, 0.1) is 0 Å². The molecule has 1 aliphatic rings. The number of benzene rings is 2. The molecule has 1 heterocycles. The maximum atomic E-state index is 12.4. The second-order valence-corrected chi connectivity index (χ2v) is 6.15. The number of ether oxygens (including phenoxy) is 2. The van der Waals surface area contributed by atoms with Crippen LogP contribution in [0.3, 0.4) is 0 Å². The summed E-state index contributed by atoms with van der Waals surface area (Å²) in [7, 11) is 0. The number of piperazine rings is 1. The number of nitrogens with one attached hydrogen (secondary N) is 1. The molecule has 0 saturated carbocycles. The monoisotopic (exact) mass is 376 g/mol. The number of halogens is 1. The minimum absolute atomic E-state index is 0. The van der Waals surface area contributed by atoms with E-state index >= 15 is 0 Å². The molecule has 1 N–H and O–H groups in total. The molecule has 1 aliphatic heterocycles. The molecule has 2 aromatic rings. The van der Waals surface area contributed by atoms with Crippen molar-refractivity contribution >= 4 is 18.3 Å². The molecule has 0 bridgehead atoms. The first kappa shape index (κ1) is 20.1. The third-order valence-corrected chi connectivity index (χ3v) is 4.26. The highest BCUT2D eigenvalue weighted by molar-refractivity contribution is 5.85. The first-order chi connectivity index (χ1) is 12.2. The highest BCUT2D eigenvalue weighted by atomic mass is 35.5. The van der Waals surface area contributed by atoms with Gasteiger partial charge >= 0.3 is 0 Å². The Morgan fingerprint density at radius 1 is 1.08 bits per heavy atom. The van der Waals surface area contributed by atoms with E-state index in [1.807, 2.05) is 66.4 Å². The average Bonchev–Trinajstić information content (AvgIpc) is 2.66. The lowest BCUT2D eigenvalue weighted by Gasteiger charge is -2.33. The first-order valence-electron chi connectivity index (χ1n) is 8.63. The third kappa shape index (κ3) is 5.38. The van der Waals surface area contributed by atoms with Gasteiger partial charge in [0.2, 0.25) is 0 Å². The fourth-order valence-corrected chi connectivity index (χ4v) is 2.86. The number of carbonyl (C=O) groups is 1. The second-order valence-electron chi connectivity index (χ2n) is 6.15. The van der Waals surface area contributed by atoms with E-state index in [9.17, 15) is 4.79 Å². The van der Waals surface area contributed by atoms with Crippen molar-refractivity contribution in [3.63, 3.8) is 0 Å². The Bertz CT molecular complexity index is 696. The minimum atomic E-state index is 0. The van der Waals surface area contributed by atoms with Crippen LogP contribution in [0.25, 0.3) is 0 Å². The van der Waals surface area contributed by atoms with E-state index in [0.29, 0.717) is 18.1 Å². The van der Waals surface area contributed by atoms with Crippen LogP contribution in [-0.4, -0.2) is 43.1 Å². The van der Waals surface area contributed by atoms with Crippen molar-refractivity contribution in [2.24, 2.45) is 0 Å². The lowest BCUT2D eigenvalue weighted by atomic mass is 10.2. The van der Waals surface area contributed by atoms with Gasteiger partial charge in [-0.3, -0.25) is 4.79 Å². The maximum Gasteiger partial charge on any atom is 0.260 e. The molecule has 0 aromatic heterocycles. The molecule has 1 fully saturated rings. The normalized spacial score (nSPS) is 16.5. The summed E-state index contributed by atoms with van der Waals surface area (Å²) in [6.45, 7) is 4.89. The molecule has 140 valence electrons. The van der Waals surface area contributed by atoms with Crippen molar-refractivity contribution in [3.8, 4) is 11.5 Å². The summed E-state index contributed by atoms with van der Waals surface area (Å²) in [6, 6.07) is 17.6. The quantitative estimate of drug-likeness (QED) is 0.842. The standard InChI is InChI=1S/C20H24N2O3.ClH/c1-16-13-21-11-12-22(16)20(23)15-25-19-10-6-5-9-18(19)24-14-17-7-3-2-4-8-17;/h2-10,16,21H,11-15H2,1H3;1H. The summed E-state index contributed by atoms with van der Waals surface area (Å²) in [4.78, 5) is 14.3. The van der Waals surface area contributed by atoms with Crippen LogP contribution in [0.1, 0.15) is 12.5 Å². The fraction of sp³-hybridized carbons (Fsp3) is 0.350.